The molecule has 19 heavy (non-hydrogen) atoms. The molecule has 1 rings (SSSR count). The average Bonchev–Trinajstić information content (AvgIpc) is 2.27. The Kier molecular flexibility index (Phi) is 5.29. The molecular weight excluding hydrogens is 292 g/mol. The van der Waals surface area contributed by atoms with Gasteiger partial charge in [-0.2, -0.15) is 0 Å². The van der Waals surface area contributed by atoms with Gasteiger partial charge in [0.1, 0.15) is 4.90 Å². The van der Waals surface area contributed by atoms with Crippen molar-refractivity contribution in [2.45, 2.75) is 11.8 Å². The summed E-state index contributed by atoms with van der Waals surface area (Å²) in [6, 6.07) is 5.53. The van der Waals surface area contributed by atoms with E-state index in [2.05, 4.69) is 4.72 Å². The molecule has 0 fully saturated rings. The van der Waals surface area contributed by atoms with Gasteiger partial charge in [-0.3, -0.25) is 4.72 Å². The van der Waals surface area contributed by atoms with Crippen molar-refractivity contribution < 1.29 is 21.6 Å². The molecule has 0 radical (unpaired) electrons. The lowest BCUT2D eigenvalue weighted by Crippen LogP contribution is -2.22. The summed E-state index contributed by atoms with van der Waals surface area (Å²) in [6.07, 6.45) is 0. The van der Waals surface area contributed by atoms with Crippen LogP contribution >= 0.6 is 0 Å². The van der Waals surface area contributed by atoms with Crippen LogP contribution in [0.25, 0.3) is 0 Å². The maximum atomic E-state index is 11.7. The summed E-state index contributed by atoms with van der Waals surface area (Å²) in [6.45, 7) is 2.18. The van der Waals surface area contributed by atoms with Crippen molar-refractivity contribution in [2.24, 2.45) is 5.14 Å². The maximum absolute atomic E-state index is 11.7. The summed E-state index contributed by atoms with van der Waals surface area (Å²) in [5, 5.41) is 5.01. The molecule has 0 aromatic heterocycles. The fraction of sp³-hybridized carbons (Fsp3) is 0.400. The minimum atomic E-state index is -3.99. The van der Waals surface area contributed by atoms with E-state index < -0.39 is 20.0 Å². The molecular formula is C10H16N2O5S2. The lowest BCUT2D eigenvalue weighted by molar-refractivity contribution is 0.163. The number of anilines is 1. The lowest BCUT2D eigenvalue weighted by Gasteiger charge is -2.11. The van der Waals surface area contributed by atoms with E-state index in [1.54, 1.807) is 6.92 Å². The second-order valence-electron chi connectivity index (χ2n) is 3.66. The quantitative estimate of drug-likeness (QED) is 0.694. The van der Waals surface area contributed by atoms with Gasteiger partial charge in [0.25, 0.3) is 0 Å². The molecule has 0 aliphatic rings. The van der Waals surface area contributed by atoms with Gasteiger partial charge in [0.05, 0.1) is 18.0 Å². The highest BCUT2D eigenvalue weighted by Crippen LogP contribution is 2.20. The number of primary sulfonamides is 1. The van der Waals surface area contributed by atoms with Gasteiger partial charge >= 0.3 is 0 Å². The van der Waals surface area contributed by atoms with Crippen molar-refractivity contribution in [1.29, 1.82) is 0 Å². The SMILES string of the molecule is CCOCCS(=O)(=O)Nc1ccccc1S(N)(=O)=O. The van der Waals surface area contributed by atoms with E-state index in [4.69, 9.17) is 9.88 Å². The monoisotopic (exact) mass is 308 g/mol. The van der Waals surface area contributed by atoms with Gasteiger partial charge in [-0.25, -0.2) is 22.0 Å². The highest BCUT2D eigenvalue weighted by Gasteiger charge is 2.17. The molecule has 0 aliphatic heterocycles. The lowest BCUT2D eigenvalue weighted by atomic mass is 10.3. The average molecular weight is 308 g/mol. The van der Waals surface area contributed by atoms with Crippen LogP contribution in [0.5, 0.6) is 0 Å². The molecule has 0 saturated heterocycles. The molecule has 108 valence electrons. The largest absolute Gasteiger partial charge is 0.381 e. The third-order valence-electron chi connectivity index (χ3n) is 2.16. The molecule has 0 saturated carbocycles. The van der Waals surface area contributed by atoms with Crippen LogP contribution in [0, 0.1) is 0 Å². The topological polar surface area (TPSA) is 116 Å². The molecule has 0 atom stereocenters. The number of rotatable bonds is 7. The molecule has 3 N–H and O–H groups in total. The van der Waals surface area contributed by atoms with Crippen molar-refractivity contribution in [3.63, 3.8) is 0 Å². The maximum Gasteiger partial charge on any atom is 0.240 e. The van der Waals surface area contributed by atoms with Crippen molar-refractivity contribution in [3.8, 4) is 0 Å². The Labute approximate surface area is 112 Å². The Balaban J connectivity index is 2.94. The van der Waals surface area contributed by atoms with Gasteiger partial charge in [0, 0.05) is 6.61 Å². The smallest absolute Gasteiger partial charge is 0.240 e. The first-order valence-corrected chi connectivity index (χ1v) is 8.66. The van der Waals surface area contributed by atoms with Crippen LogP contribution in [-0.2, 0) is 24.8 Å². The Morgan fingerprint density at radius 1 is 1.21 bits per heavy atom. The molecule has 0 unspecified atom stereocenters. The Morgan fingerprint density at radius 2 is 1.84 bits per heavy atom. The van der Waals surface area contributed by atoms with Gasteiger partial charge < -0.3 is 4.74 Å². The number of nitrogens with two attached hydrogens (primary N) is 1. The van der Waals surface area contributed by atoms with E-state index in [0.717, 1.165) is 0 Å². The van der Waals surface area contributed by atoms with Crippen LogP contribution in [0.3, 0.4) is 0 Å². The number of hydrogen-bond donors (Lipinski definition) is 2. The van der Waals surface area contributed by atoms with Gasteiger partial charge in [0.15, 0.2) is 0 Å². The molecule has 0 amide bonds. The van der Waals surface area contributed by atoms with E-state index >= 15 is 0 Å². The zero-order valence-electron chi connectivity index (χ0n) is 10.4. The first kappa shape index (κ1) is 15.9. The second-order valence-corrected chi connectivity index (χ2v) is 7.03. The number of benzene rings is 1. The summed E-state index contributed by atoms with van der Waals surface area (Å²) < 4.78 is 53.2. The molecule has 0 bridgehead atoms. The molecule has 0 heterocycles. The van der Waals surface area contributed by atoms with Gasteiger partial charge in [-0.15, -0.1) is 0 Å². The minimum Gasteiger partial charge on any atom is -0.381 e. The standard InChI is InChI=1S/C10H16N2O5S2/c1-2-17-7-8-18(13,14)12-9-5-3-4-6-10(9)19(11,15)16/h3-6,12H,2,7-8H2,1H3,(H2,11,15,16). The summed E-state index contributed by atoms with van der Waals surface area (Å²) in [4.78, 5) is -0.269. The van der Waals surface area contributed by atoms with Crippen LogP contribution in [0.4, 0.5) is 5.69 Å². The number of ether oxygens (including phenoxy) is 1. The fourth-order valence-corrected chi connectivity index (χ4v) is 3.04. The highest BCUT2D eigenvalue weighted by atomic mass is 32.2. The van der Waals surface area contributed by atoms with Gasteiger partial charge in [-0.1, -0.05) is 12.1 Å². The van der Waals surface area contributed by atoms with Crippen LogP contribution in [-0.4, -0.2) is 35.8 Å². The molecule has 1 aromatic rings. The zero-order valence-corrected chi connectivity index (χ0v) is 12.0. The Hall–Kier alpha value is -1.16. The van der Waals surface area contributed by atoms with Crippen LogP contribution < -0.4 is 9.86 Å². The van der Waals surface area contributed by atoms with E-state index in [0.29, 0.717) is 6.61 Å². The molecule has 7 nitrogen and oxygen atoms in total. The Bertz CT molecular complexity index is 625. The predicted molar refractivity (Wildman–Crippen MR) is 71.7 cm³/mol. The summed E-state index contributed by atoms with van der Waals surface area (Å²) in [7, 11) is -7.67. The number of sulfonamides is 2. The van der Waals surface area contributed by atoms with Crippen LogP contribution in [0.15, 0.2) is 29.2 Å². The molecule has 9 heteroatoms. The molecule has 1 aromatic carbocycles. The third kappa shape index (κ3) is 5.15. The van der Waals surface area contributed by atoms with E-state index in [-0.39, 0.29) is 22.9 Å². The van der Waals surface area contributed by atoms with E-state index in [1.807, 2.05) is 0 Å². The second kappa shape index (κ2) is 6.33. The van der Waals surface area contributed by atoms with Crippen molar-refractivity contribution in [2.75, 3.05) is 23.7 Å². The first-order chi connectivity index (χ1) is 8.76. The van der Waals surface area contributed by atoms with E-state index in [9.17, 15) is 16.8 Å². The fourth-order valence-electron chi connectivity index (χ4n) is 1.33. The summed E-state index contributed by atoms with van der Waals surface area (Å²) in [5.41, 5.74) is -0.0681. The van der Waals surface area contributed by atoms with Gasteiger partial charge in [0.2, 0.25) is 20.0 Å². The first-order valence-electron chi connectivity index (χ1n) is 5.46. The van der Waals surface area contributed by atoms with Crippen LogP contribution in [0.2, 0.25) is 0 Å². The third-order valence-corrected chi connectivity index (χ3v) is 4.36. The number of hydrogen-bond acceptors (Lipinski definition) is 5. The molecule has 0 aliphatic carbocycles. The van der Waals surface area contributed by atoms with Crippen molar-refractivity contribution >= 4 is 25.7 Å². The number of para-hydroxylation sites is 1. The Morgan fingerprint density at radius 3 is 2.42 bits per heavy atom. The summed E-state index contributed by atoms with van der Waals surface area (Å²) >= 11 is 0. The van der Waals surface area contributed by atoms with Gasteiger partial charge in [-0.05, 0) is 19.1 Å². The highest BCUT2D eigenvalue weighted by molar-refractivity contribution is 7.93. The van der Waals surface area contributed by atoms with Crippen molar-refractivity contribution in [1.82, 2.24) is 0 Å². The van der Waals surface area contributed by atoms with E-state index in [1.165, 1.54) is 24.3 Å². The normalized spacial score (nSPS) is 12.3. The zero-order chi connectivity index (χ0) is 14.5. The molecule has 0 spiro atoms. The summed E-state index contributed by atoms with van der Waals surface area (Å²) in [5.74, 6) is -0.264. The van der Waals surface area contributed by atoms with Crippen molar-refractivity contribution in [3.05, 3.63) is 24.3 Å². The van der Waals surface area contributed by atoms with Crippen LogP contribution in [0.1, 0.15) is 6.92 Å². The predicted octanol–water partition coefficient (Wildman–Crippen LogP) is 0.112. The minimum absolute atomic E-state index is 0.0311. The number of nitrogens with one attached hydrogen (secondary N) is 1.